The van der Waals surface area contributed by atoms with Gasteiger partial charge in [0.05, 0.1) is 5.56 Å². The van der Waals surface area contributed by atoms with Crippen molar-refractivity contribution in [1.29, 1.82) is 5.26 Å². The highest BCUT2D eigenvalue weighted by molar-refractivity contribution is 6.01. The van der Waals surface area contributed by atoms with E-state index >= 15 is 0 Å². The lowest BCUT2D eigenvalue weighted by atomic mass is 10.0. The van der Waals surface area contributed by atoms with Crippen LogP contribution in [-0.4, -0.2) is 21.9 Å². The Balaban J connectivity index is 2.12. The summed E-state index contributed by atoms with van der Waals surface area (Å²) in [4.78, 5) is 14.6. The number of hydrogen-bond acceptors (Lipinski definition) is 3. The number of aromatic nitrogens is 1. The molecule has 3 rings (SSSR count). The number of nitrogens with zero attached hydrogens (tertiary/aromatic N) is 3. The molecule has 1 aromatic heterocycles. The van der Waals surface area contributed by atoms with E-state index in [9.17, 15) is 10.1 Å². The molecule has 1 atom stereocenters. The summed E-state index contributed by atoms with van der Waals surface area (Å²) < 4.78 is 1.84. The number of benzene rings is 1. The largest absolute Gasteiger partial charge is 0.361 e. The van der Waals surface area contributed by atoms with Gasteiger partial charge in [-0.1, -0.05) is 18.2 Å². The average molecular weight is 306 g/mol. The predicted molar refractivity (Wildman–Crippen MR) is 88.9 cm³/mol. The first-order valence-electron chi connectivity index (χ1n) is 7.42. The quantitative estimate of drug-likeness (QED) is 0.887. The Morgan fingerprint density at radius 2 is 2.17 bits per heavy atom. The van der Waals surface area contributed by atoms with E-state index in [-0.39, 0.29) is 12.1 Å². The topological polar surface area (TPSA) is 61.1 Å². The van der Waals surface area contributed by atoms with Gasteiger partial charge in [-0.05, 0) is 25.1 Å². The zero-order chi connectivity index (χ0) is 16.6. The lowest BCUT2D eigenvalue weighted by Gasteiger charge is -2.37. The van der Waals surface area contributed by atoms with E-state index in [1.165, 1.54) is 0 Å². The van der Waals surface area contributed by atoms with Crippen LogP contribution in [0.25, 0.3) is 0 Å². The van der Waals surface area contributed by atoms with Crippen LogP contribution >= 0.6 is 0 Å². The van der Waals surface area contributed by atoms with Gasteiger partial charge in [-0.3, -0.25) is 4.79 Å². The molecule has 2 heterocycles. The van der Waals surface area contributed by atoms with Crippen molar-refractivity contribution in [1.82, 2.24) is 9.47 Å². The zero-order valence-electron chi connectivity index (χ0n) is 13.2. The minimum absolute atomic E-state index is 0.0361. The van der Waals surface area contributed by atoms with Gasteiger partial charge in [0.25, 0.3) is 5.91 Å². The number of carbonyl (C=O) groups excluding carboxylic acids is 1. The first-order valence-corrected chi connectivity index (χ1v) is 7.42. The first kappa shape index (κ1) is 14.9. The van der Waals surface area contributed by atoms with Crippen molar-refractivity contribution in [2.24, 2.45) is 7.05 Å². The van der Waals surface area contributed by atoms with Crippen molar-refractivity contribution in [3.05, 3.63) is 65.5 Å². The normalized spacial score (nSPS) is 16.5. The standard InChI is InChI=1S/C18H18N4O/c1-4-9-22-17(15-10-13(11-19)21(3)12(15)2)20-16-8-6-5-7-14(16)18(22)23/h4-8,10,17,20H,1,9H2,2-3H3/t17-/m1/s1. The maximum atomic E-state index is 12.8. The van der Waals surface area contributed by atoms with Crippen molar-refractivity contribution < 1.29 is 4.79 Å². The summed E-state index contributed by atoms with van der Waals surface area (Å²) in [6, 6.07) is 11.5. The molecule has 0 fully saturated rings. The van der Waals surface area contributed by atoms with Gasteiger partial charge in [0.1, 0.15) is 17.9 Å². The highest BCUT2D eigenvalue weighted by atomic mass is 16.2. The highest BCUT2D eigenvalue weighted by Gasteiger charge is 2.33. The van der Waals surface area contributed by atoms with Crippen LogP contribution in [0.2, 0.25) is 0 Å². The van der Waals surface area contributed by atoms with Crippen LogP contribution in [0.1, 0.15) is 33.5 Å². The van der Waals surface area contributed by atoms with Crippen molar-refractivity contribution in [3.8, 4) is 6.07 Å². The van der Waals surface area contributed by atoms with E-state index < -0.39 is 0 Å². The van der Waals surface area contributed by atoms with Gasteiger partial charge in [-0.15, -0.1) is 6.58 Å². The highest BCUT2D eigenvalue weighted by Crippen LogP contribution is 2.35. The summed E-state index contributed by atoms with van der Waals surface area (Å²) >= 11 is 0. The van der Waals surface area contributed by atoms with E-state index in [1.54, 1.807) is 11.0 Å². The van der Waals surface area contributed by atoms with E-state index in [0.29, 0.717) is 17.8 Å². The Hall–Kier alpha value is -3.00. The summed E-state index contributed by atoms with van der Waals surface area (Å²) in [5.41, 5.74) is 3.92. The fourth-order valence-corrected chi connectivity index (χ4v) is 2.97. The summed E-state index contributed by atoms with van der Waals surface area (Å²) in [5, 5.41) is 12.7. The minimum Gasteiger partial charge on any atom is -0.361 e. The lowest BCUT2D eigenvalue weighted by molar-refractivity contribution is 0.0707. The molecule has 0 spiro atoms. The Kier molecular flexibility index (Phi) is 3.67. The second-order valence-electron chi connectivity index (χ2n) is 5.58. The minimum atomic E-state index is -0.316. The Morgan fingerprint density at radius 3 is 2.83 bits per heavy atom. The molecular formula is C18H18N4O. The van der Waals surface area contributed by atoms with E-state index in [4.69, 9.17) is 0 Å². The number of nitrogens with one attached hydrogen (secondary N) is 1. The monoisotopic (exact) mass is 306 g/mol. The van der Waals surface area contributed by atoms with Crippen LogP contribution in [0.5, 0.6) is 0 Å². The summed E-state index contributed by atoms with van der Waals surface area (Å²) in [6.45, 7) is 6.14. The number of carbonyl (C=O) groups is 1. The Labute approximate surface area is 135 Å². The number of rotatable bonds is 3. The summed E-state index contributed by atoms with van der Waals surface area (Å²) in [5.74, 6) is -0.0361. The number of amides is 1. The summed E-state index contributed by atoms with van der Waals surface area (Å²) in [7, 11) is 1.85. The van der Waals surface area contributed by atoms with Crippen LogP contribution in [0, 0.1) is 18.3 Å². The molecule has 5 heteroatoms. The van der Waals surface area contributed by atoms with Gasteiger partial charge in [-0.2, -0.15) is 5.26 Å². The van der Waals surface area contributed by atoms with Gasteiger partial charge >= 0.3 is 0 Å². The second-order valence-corrected chi connectivity index (χ2v) is 5.58. The Bertz CT molecular complexity index is 828. The van der Waals surface area contributed by atoms with Crippen LogP contribution in [0.15, 0.2) is 43.0 Å². The Morgan fingerprint density at radius 1 is 1.43 bits per heavy atom. The number of nitriles is 1. The number of para-hydroxylation sites is 1. The van der Waals surface area contributed by atoms with E-state index in [2.05, 4.69) is 18.0 Å². The van der Waals surface area contributed by atoms with Gasteiger partial charge in [0.15, 0.2) is 0 Å². The molecule has 0 saturated heterocycles. The van der Waals surface area contributed by atoms with Crippen LogP contribution in [-0.2, 0) is 7.05 Å². The number of hydrogen-bond donors (Lipinski definition) is 1. The molecule has 2 aromatic rings. The maximum Gasteiger partial charge on any atom is 0.258 e. The third-order valence-corrected chi connectivity index (χ3v) is 4.33. The average Bonchev–Trinajstić information content (AvgIpc) is 2.85. The molecule has 1 aliphatic heterocycles. The zero-order valence-corrected chi connectivity index (χ0v) is 13.2. The third-order valence-electron chi connectivity index (χ3n) is 4.33. The second kappa shape index (κ2) is 5.65. The maximum absolute atomic E-state index is 12.8. The van der Waals surface area contributed by atoms with Crippen molar-refractivity contribution in [2.45, 2.75) is 13.1 Å². The van der Waals surface area contributed by atoms with Crippen molar-refractivity contribution in [3.63, 3.8) is 0 Å². The molecule has 1 N–H and O–H groups in total. The molecular weight excluding hydrogens is 288 g/mol. The number of anilines is 1. The molecule has 1 aromatic carbocycles. The lowest BCUT2D eigenvalue weighted by Crippen LogP contribution is -2.43. The SMILES string of the molecule is C=CCN1C(=O)c2ccccc2N[C@H]1c1cc(C#N)n(C)c1C. The van der Waals surface area contributed by atoms with Crippen LogP contribution < -0.4 is 5.32 Å². The first-order chi connectivity index (χ1) is 11.1. The van der Waals surface area contributed by atoms with Crippen LogP contribution in [0.4, 0.5) is 5.69 Å². The molecule has 0 bridgehead atoms. The molecule has 116 valence electrons. The number of fused-ring (bicyclic) bond motifs is 1. The van der Waals surface area contributed by atoms with E-state index in [1.807, 2.05) is 48.9 Å². The van der Waals surface area contributed by atoms with Gasteiger partial charge in [0.2, 0.25) is 0 Å². The molecule has 23 heavy (non-hydrogen) atoms. The van der Waals surface area contributed by atoms with Crippen molar-refractivity contribution in [2.75, 3.05) is 11.9 Å². The predicted octanol–water partition coefficient (Wildman–Crippen LogP) is 2.96. The summed E-state index contributed by atoms with van der Waals surface area (Å²) in [6.07, 6.45) is 1.40. The van der Waals surface area contributed by atoms with Gasteiger partial charge in [0, 0.05) is 30.5 Å². The molecule has 5 nitrogen and oxygen atoms in total. The molecule has 1 aliphatic rings. The molecule has 0 aliphatic carbocycles. The smallest absolute Gasteiger partial charge is 0.258 e. The third kappa shape index (κ3) is 2.29. The molecule has 0 radical (unpaired) electrons. The van der Waals surface area contributed by atoms with E-state index in [0.717, 1.165) is 16.9 Å². The van der Waals surface area contributed by atoms with Crippen molar-refractivity contribution >= 4 is 11.6 Å². The van der Waals surface area contributed by atoms with Crippen LogP contribution in [0.3, 0.4) is 0 Å². The molecule has 0 unspecified atom stereocenters. The molecule has 1 amide bonds. The van der Waals surface area contributed by atoms with Gasteiger partial charge in [-0.25, -0.2) is 0 Å². The fraction of sp³-hybridized carbons (Fsp3) is 0.222. The fourth-order valence-electron chi connectivity index (χ4n) is 2.97. The van der Waals surface area contributed by atoms with Gasteiger partial charge < -0.3 is 14.8 Å². The molecule has 0 saturated carbocycles.